The Morgan fingerprint density at radius 3 is 2.39 bits per heavy atom. The molecule has 2 unspecified atom stereocenters. The normalized spacial score (nSPS) is 17.3. The lowest BCUT2D eigenvalue weighted by Gasteiger charge is -2.41. The summed E-state index contributed by atoms with van der Waals surface area (Å²) in [7, 11) is 1.37. The average molecular weight is 447 g/mol. The molecule has 3 rings (SSSR count). The third kappa shape index (κ3) is 6.12. The number of piperazine rings is 1. The van der Waals surface area contributed by atoms with E-state index in [4.69, 9.17) is 26.2 Å². The van der Waals surface area contributed by atoms with Crippen LogP contribution in [0, 0.1) is 0 Å². The Balaban J connectivity index is 1.49. The van der Waals surface area contributed by atoms with E-state index >= 15 is 0 Å². The van der Waals surface area contributed by atoms with E-state index in [0.717, 1.165) is 17.8 Å². The Morgan fingerprint density at radius 2 is 1.81 bits per heavy atom. The lowest BCUT2D eigenvalue weighted by molar-refractivity contribution is -0.148. The predicted molar refractivity (Wildman–Crippen MR) is 119 cm³/mol. The second-order valence-corrected chi connectivity index (χ2v) is 7.99. The number of nitrogens with zero attached hydrogens (tertiary/aromatic N) is 2. The molecule has 1 fully saturated rings. The first-order chi connectivity index (χ1) is 14.9. The number of carboxylic acids is 1. The molecular weight excluding hydrogens is 420 g/mol. The summed E-state index contributed by atoms with van der Waals surface area (Å²) in [5, 5.41) is 9.77. The molecule has 1 aliphatic heterocycles. The second kappa shape index (κ2) is 10.5. The Hall–Kier alpha value is -2.77. The van der Waals surface area contributed by atoms with Gasteiger partial charge >= 0.3 is 5.97 Å². The number of hydrogen-bond donors (Lipinski definition) is 1. The molecule has 1 saturated heterocycles. The molecule has 1 amide bonds. The van der Waals surface area contributed by atoms with Gasteiger partial charge in [0.1, 0.15) is 5.75 Å². The van der Waals surface area contributed by atoms with Crippen LogP contribution in [0.3, 0.4) is 0 Å². The van der Waals surface area contributed by atoms with Gasteiger partial charge < -0.3 is 24.4 Å². The van der Waals surface area contributed by atoms with Crippen molar-refractivity contribution in [2.75, 3.05) is 38.3 Å². The van der Waals surface area contributed by atoms with Crippen molar-refractivity contribution >= 4 is 29.2 Å². The lowest BCUT2D eigenvalue weighted by Crippen LogP contribution is -2.54. The number of methoxy groups -OCH3 is 1. The van der Waals surface area contributed by atoms with Gasteiger partial charge in [-0.25, -0.2) is 4.79 Å². The molecule has 2 aromatic carbocycles. The van der Waals surface area contributed by atoms with E-state index in [1.165, 1.54) is 7.11 Å². The molecule has 0 aliphatic carbocycles. The molecule has 1 aliphatic rings. The van der Waals surface area contributed by atoms with Gasteiger partial charge in [0.2, 0.25) is 0 Å². The van der Waals surface area contributed by atoms with Gasteiger partial charge in [0.25, 0.3) is 5.91 Å². The summed E-state index contributed by atoms with van der Waals surface area (Å²) in [5.74, 6) is -0.495. The van der Waals surface area contributed by atoms with Gasteiger partial charge in [0.05, 0.1) is 0 Å². The third-order valence-corrected chi connectivity index (χ3v) is 5.66. The van der Waals surface area contributed by atoms with Crippen LogP contribution in [0.5, 0.6) is 5.75 Å². The summed E-state index contributed by atoms with van der Waals surface area (Å²) >= 11 is 5.97. The molecule has 31 heavy (non-hydrogen) atoms. The number of rotatable bonds is 8. The summed E-state index contributed by atoms with van der Waals surface area (Å²) in [5.41, 5.74) is 1.92. The zero-order chi connectivity index (χ0) is 22.4. The third-order valence-electron chi connectivity index (χ3n) is 5.41. The van der Waals surface area contributed by atoms with Gasteiger partial charge in [0.15, 0.2) is 12.7 Å². The molecular formula is C23H27ClN2O5. The summed E-state index contributed by atoms with van der Waals surface area (Å²) in [6.45, 7) is 4.05. The van der Waals surface area contributed by atoms with Crippen LogP contribution in [-0.4, -0.2) is 67.4 Å². The summed E-state index contributed by atoms with van der Waals surface area (Å²) in [6.07, 6.45) is -0.622. The quantitative estimate of drug-likeness (QED) is 0.671. The number of aliphatic carboxylic acids is 1. The molecule has 0 bridgehead atoms. The van der Waals surface area contributed by atoms with Crippen molar-refractivity contribution in [2.45, 2.75) is 25.5 Å². The van der Waals surface area contributed by atoms with E-state index in [1.807, 2.05) is 29.2 Å². The molecule has 2 atom stereocenters. The van der Waals surface area contributed by atoms with E-state index in [-0.39, 0.29) is 25.0 Å². The fourth-order valence-corrected chi connectivity index (χ4v) is 3.77. The van der Waals surface area contributed by atoms with Crippen LogP contribution in [0.4, 0.5) is 5.69 Å². The van der Waals surface area contributed by atoms with E-state index in [2.05, 4.69) is 11.8 Å². The summed E-state index contributed by atoms with van der Waals surface area (Å²) in [4.78, 5) is 27.8. The van der Waals surface area contributed by atoms with Crippen LogP contribution in [0.1, 0.15) is 12.5 Å². The molecule has 0 aromatic heterocycles. The number of benzene rings is 2. The minimum absolute atomic E-state index is 0.0389. The number of halogens is 1. The fraction of sp³-hybridized carbons (Fsp3) is 0.391. The Kier molecular flexibility index (Phi) is 7.76. The number of ether oxygens (including phenoxy) is 2. The van der Waals surface area contributed by atoms with E-state index < -0.39 is 12.1 Å². The maximum atomic E-state index is 12.6. The molecule has 0 radical (unpaired) electrons. The van der Waals surface area contributed by atoms with Gasteiger partial charge in [-0.05, 0) is 48.9 Å². The van der Waals surface area contributed by atoms with Gasteiger partial charge in [-0.15, -0.1) is 0 Å². The Bertz CT molecular complexity index is 888. The first kappa shape index (κ1) is 22.9. The Morgan fingerprint density at radius 1 is 1.13 bits per heavy atom. The highest BCUT2D eigenvalue weighted by Crippen LogP contribution is 2.23. The molecule has 0 saturated carbocycles. The largest absolute Gasteiger partial charge is 0.484 e. The Labute approximate surface area is 187 Å². The number of amides is 1. The fourth-order valence-electron chi connectivity index (χ4n) is 3.64. The molecule has 1 N–H and O–H groups in total. The minimum Gasteiger partial charge on any atom is -0.484 e. The first-order valence-corrected chi connectivity index (χ1v) is 10.5. The monoisotopic (exact) mass is 446 g/mol. The molecule has 8 heteroatoms. The number of carbonyl (C=O) groups excluding carboxylic acids is 1. The van der Waals surface area contributed by atoms with Crippen LogP contribution in [0.15, 0.2) is 48.5 Å². The highest BCUT2D eigenvalue weighted by Gasteiger charge is 2.27. The van der Waals surface area contributed by atoms with Crippen LogP contribution in [-0.2, 0) is 20.7 Å². The van der Waals surface area contributed by atoms with Gasteiger partial charge in [-0.3, -0.25) is 4.79 Å². The molecule has 0 spiro atoms. The lowest BCUT2D eigenvalue weighted by atomic mass is 10.1. The van der Waals surface area contributed by atoms with Crippen LogP contribution in [0.2, 0.25) is 5.02 Å². The maximum absolute atomic E-state index is 12.6. The maximum Gasteiger partial charge on any atom is 0.333 e. The van der Waals surface area contributed by atoms with Crippen molar-refractivity contribution in [1.29, 1.82) is 0 Å². The zero-order valence-electron chi connectivity index (χ0n) is 17.7. The minimum atomic E-state index is -1.00. The van der Waals surface area contributed by atoms with Crippen molar-refractivity contribution in [3.63, 3.8) is 0 Å². The predicted octanol–water partition coefficient (Wildman–Crippen LogP) is 3.10. The topological polar surface area (TPSA) is 79.3 Å². The molecule has 7 nitrogen and oxygen atoms in total. The van der Waals surface area contributed by atoms with Crippen molar-refractivity contribution in [2.24, 2.45) is 0 Å². The van der Waals surface area contributed by atoms with Gasteiger partial charge in [-0.1, -0.05) is 23.7 Å². The number of hydrogen-bond acceptors (Lipinski definition) is 5. The summed E-state index contributed by atoms with van der Waals surface area (Å²) in [6, 6.07) is 14.9. The number of carbonyl (C=O) groups is 2. The number of carboxylic acid groups (broad SMARTS) is 1. The van der Waals surface area contributed by atoms with Crippen LogP contribution >= 0.6 is 11.6 Å². The van der Waals surface area contributed by atoms with Crippen molar-refractivity contribution in [3.8, 4) is 5.75 Å². The van der Waals surface area contributed by atoms with Crippen molar-refractivity contribution < 1.29 is 24.2 Å². The zero-order valence-corrected chi connectivity index (χ0v) is 18.4. The van der Waals surface area contributed by atoms with Crippen molar-refractivity contribution in [3.05, 3.63) is 59.1 Å². The van der Waals surface area contributed by atoms with E-state index in [0.29, 0.717) is 23.9 Å². The highest BCUT2D eigenvalue weighted by atomic mass is 35.5. The van der Waals surface area contributed by atoms with E-state index in [1.54, 1.807) is 24.3 Å². The smallest absolute Gasteiger partial charge is 0.333 e. The molecule has 2 aromatic rings. The molecule has 1 heterocycles. The van der Waals surface area contributed by atoms with Gasteiger partial charge in [0, 0.05) is 49.9 Å². The first-order valence-electron chi connectivity index (χ1n) is 10.1. The van der Waals surface area contributed by atoms with E-state index in [9.17, 15) is 9.59 Å². The van der Waals surface area contributed by atoms with Gasteiger partial charge in [-0.2, -0.15) is 0 Å². The average Bonchev–Trinajstić information content (AvgIpc) is 2.77. The highest BCUT2D eigenvalue weighted by molar-refractivity contribution is 6.30. The number of anilines is 1. The SMILES string of the molecule is COC(Cc1ccc(OCC(=O)N2CCN(c3ccc(Cl)cc3)C(C)C2)cc1)C(=O)O. The van der Waals surface area contributed by atoms with Crippen LogP contribution in [0.25, 0.3) is 0 Å². The standard InChI is InChI=1S/C23H27ClN2O5/c1-16-14-25(11-12-26(16)19-7-5-18(24)6-8-19)22(27)15-31-20-9-3-17(4-10-20)13-21(30-2)23(28)29/h3-10,16,21H,11-15H2,1-2H3,(H,28,29). The van der Waals surface area contributed by atoms with Crippen LogP contribution < -0.4 is 9.64 Å². The molecule has 166 valence electrons. The summed E-state index contributed by atoms with van der Waals surface area (Å²) < 4.78 is 10.6. The van der Waals surface area contributed by atoms with Crippen molar-refractivity contribution in [1.82, 2.24) is 4.90 Å². The second-order valence-electron chi connectivity index (χ2n) is 7.56.